The van der Waals surface area contributed by atoms with Crippen LogP contribution >= 0.6 is 0 Å². The highest BCUT2D eigenvalue weighted by Gasteiger charge is 2.34. The number of halogens is 1. The second kappa shape index (κ2) is 8.51. The van der Waals surface area contributed by atoms with E-state index in [2.05, 4.69) is 25.5 Å². The number of nitrogens with zero attached hydrogens (tertiary/aromatic N) is 4. The van der Waals surface area contributed by atoms with Crippen LogP contribution in [0.1, 0.15) is 43.4 Å². The van der Waals surface area contributed by atoms with E-state index >= 15 is 0 Å². The van der Waals surface area contributed by atoms with Gasteiger partial charge in [-0.3, -0.25) is 9.59 Å². The van der Waals surface area contributed by atoms with Crippen molar-refractivity contribution in [3.63, 3.8) is 0 Å². The summed E-state index contributed by atoms with van der Waals surface area (Å²) in [5, 5.41) is 5.46. The summed E-state index contributed by atoms with van der Waals surface area (Å²) in [6.45, 7) is 7.73. The van der Waals surface area contributed by atoms with Gasteiger partial charge in [-0.1, -0.05) is 20.8 Å². The van der Waals surface area contributed by atoms with Crippen LogP contribution in [0.15, 0.2) is 18.3 Å². The third-order valence-electron chi connectivity index (χ3n) is 5.26. The van der Waals surface area contributed by atoms with Crippen LogP contribution in [0.2, 0.25) is 0 Å². The SMILES string of the molecule is CNC(=O)C(NC(=O)c1nc(-c2ccnc(F)c2)n2c1CN(C)CCC2)C(C)(C)C. The van der Waals surface area contributed by atoms with E-state index in [1.807, 2.05) is 32.4 Å². The van der Waals surface area contributed by atoms with Crippen molar-refractivity contribution < 1.29 is 14.0 Å². The summed E-state index contributed by atoms with van der Waals surface area (Å²) in [6, 6.07) is 2.27. The van der Waals surface area contributed by atoms with Crippen LogP contribution in [0.3, 0.4) is 0 Å². The molecular weight excluding hydrogens is 387 g/mol. The van der Waals surface area contributed by atoms with Crippen molar-refractivity contribution in [3.05, 3.63) is 35.7 Å². The van der Waals surface area contributed by atoms with Gasteiger partial charge in [-0.05, 0) is 31.5 Å². The number of hydrogen-bond donors (Lipinski definition) is 2. The van der Waals surface area contributed by atoms with Crippen molar-refractivity contribution in [3.8, 4) is 11.4 Å². The standard InChI is InChI=1S/C21H29FN6O2/c1-21(2,3)17(20(30)23-4)26-19(29)16-14-12-27(5)9-6-10-28(14)18(25-16)13-7-8-24-15(22)11-13/h7-8,11,17H,6,9-10,12H2,1-5H3,(H,23,30)(H,26,29). The van der Waals surface area contributed by atoms with Gasteiger partial charge in [0.1, 0.15) is 11.9 Å². The normalized spacial score (nSPS) is 15.8. The molecule has 0 aromatic carbocycles. The Kier molecular flexibility index (Phi) is 6.21. The van der Waals surface area contributed by atoms with Crippen LogP contribution in [0.25, 0.3) is 11.4 Å². The van der Waals surface area contributed by atoms with Crippen molar-refractivity contribution in [2.75, 3.05) is 20.6 Å². The van der Waals surface area contributed by atoms with Gasteiger partial charge in [-0.15, -0.1) is 0 Å². The quantitative estimate of drug-likeness (QED) is 0.742. The average Bonchev–Trinajstić information content (AvgIpc) is 2.91. The van der Waals surface area contributed by atoms with Crippen LogP contribution in [0, 0.1) is 11.4 Å². The Bertz CT molecular complexity index is 949. The van der Waals surface area contributed by atoms with Crippen LogP contribution < -0.4 is 10.6 Å². The number of pyridine rings is 1. The molecule has 3 rings (SSSR count). The van der Waals surface area contributed by atoms with Crippen LogP contribution in [0.4, 0.5) is 4.39 Å². The number of hydrogen-bond acceptors (Lipinski definition) is 5. The average molecular weight is 417 g/mol. The third-order valence-corrected chi connectivity index (χ3v) is 5.26. The van der Waals surface area contributed by atoms with Gasteiger partial charge >= 0.3 is 0 Å². The predicted molar refractivity (Wildman–Crippen MR) is 111 cm³/mol. The van der Waals surface area contributed by atoms with E-state index < -0.39 is 23.3 Å². The van der Waals surface area contributed by atoms with Crippen molar-refractivity contribution in [1.82, 2.24) is 30.1 Å². The lowest BCUT2D eigenvalue weighted by atomic mass is 9.86. The molecule has 30 heavy (non-hydrogen) atoms. The lowest BCUT2D eigenvalue weighted by Crippen LogP contribution is -2.53. The van der Waals surface area contributed by atoms with Gasteiger partial charge in [-0.2, -0.15) is 4.39 Å². The van der Waals surface area contributed by atoms with Gasteiger partial charge in [0.05, 0.1) is 5.69 Å². The van der Waals surface area contributed by atoms with E-state index in [1.54, 1.807) is 13.1 Å². The molecule has 0 fully saturated rings. The van der Waals surface area contributed by atoms with Crippen molar-refractivity contribution in [2.24, 2.45) is 5.41 Å². The van der Waals surface area contributed by atoms with Crippen molar-refractivity contribution >= 4 is 11.8 Å². The molecular formula is C21H29FN6O2. The molecule has 1 aliphatic heterocycles. The minimum absolute atomic E-state index is 0.258. The summed E-state index contributed by atoms with van der Waals surface area (Å²) in [5.74, 6) is -0.763. The minimum atomic E-state index is -0.724. The zero-order valence-electron chi connectivity index (χ0n) is 18.1. The molecule has 1 aliphatic rings. The van der Waals surface area contributed by atoms with Gasteiger partial charge < -0.3 is 20.1 Å². The zero-order chi connectivity index (χ0) is 22.1. The highest BCUT2D eigenvalue weighted by molar-refractivity contribution is 5.97. The number of nitrogens with one attached hydrogen (secondary N) is 2. The minimum Gasteiger partial charge on any atom is -0.357 e. The molecule has 2 aromatic rings. The summed E-state index contributed by atoms with van der Waals surface area (Å²) in [6.07, 6.45) is 2.26. The van der Waals surface area contributed by atoms with Crippen LogP contribution in [0.5, 0.6) is 0 Å². The topological polar surface area (TPSA) is 92.1 Å². The Morgan fingerprint density at radius 1 is 1.27 bits per heavy atom. The molecule has 2 aromatic heterocycles. The maximum absolute atomic E-state index is 13.7. The molecule has 3 heterocycles. The number of rotatable bonds is 4. The van der Waals surface area contributed by atoms with Gasteiger partial charge in [0.25, 0.3) is 5.91 Å². The molecule has 162 valence electrons. The van der Waals surface area contributed by atoms with E-state index in [4.69, 9.17) is 0 Å². The van der Waals surface area contributed by atoms with Gasteiger partial charge in [0.15, 0.2) is 5.69 Å². The van der Waals surface area contributed by atoms with E-state index in [1.165, 1.54) is 12.3 Å². The Labute approximate surface area is 175 Å². The summed E-state index contributed by atoms with van der Waals surface area (Å²) in [5.41, 5.74) is 1.09. The number of imidazole rings is 1. The van der Waals surface area contributed by atoms with E-state index in [9.17, 15) is 14.0 Å². The fraction of sp³-hybridized carbons (Fsp3) is 0.524. The predicted octanol–water partition coefficient (Wildman–Crippen LogP) is 1.81. The first kappa shape index (κ1) is 21.9. The molecule has 2 amide bonds. The molecule has 0 saturated carbocycles. The highest BCUT2D eigenvalue weighted by Crippen LogP contribution is 2.27. The van der Waals surface area contributed by atoms with E-state index in [-0.39, 0.29) is 11.6 Å². The maximum atomic E-state index is 13.7. The van der Waals surface area contributed by atoms with E-state index in [0.717, 1.165) is 18.7 Å². The monoisotopic (exact) mass is 416 g/mol. The molecule has 8 nitrogen and oxygen atoms in total. The fourth-order valence-corrected chi connectivity index (χ4v) is 3.68. The lowest BCUT2D eigenvalue weighted by molar-refractivity contribution is -0.124. The second-order valence-corrected chi connectivity index (χ2v) is 8.73. The summed E-state index contributed by atoms with van der Waals surface area (Å²) < 4.78 is 15.7. The Morgan fingerprint density at radius 2 is 2.00 bits per heavy atom. The molecule has 1 unspecified atom stereocenters. The van der Waals surface area contributed by atoms with Gasteiger partial charge in [0.2, 0.25) is 11.9 Å². The molecule has 0 radical (unpaired) electrons. The first-order chi connectivity index (χ1) is 14.1. The highest BCUT2D eigenvalue weighted by atomic mass is 19.1. The summed E-state index contributed by atoms with van der Waals surface area (Å²) in [7, 11) is 3.53. The Morgan fingerprint density at radius 3 is 2.63 bits per heavy atom. The van der Waals surface area contributed by atoms with Gasteiger partial charge in [0, 0.05) is 38.0 Å². The lowest BCUT2D eigenvalue weighted by Gasteiger charge is -2.29. The largest absolute Gasteiger partial charge is 0.357 e. The van der Waals surface area contributed by atoms with Crippen molar-refractivity contribution in [1.29, 1.82) is 0 Å². The first-order valence-electron chi connectivity index (χ1n) is 10.0. The number of carbonyl (C=O) groups is 2. The first-order valence-corrected chi connectivity index (χ1v) is 10.0. The Balaban J connectivity index is 2.05. The molecule has 1 atom stereocenters. The van der Waals surface area contributed by atoms with Crippen molar-refractivity contribution in [2.45, 2.75) is 46.3 Å². The summed E-state index contributed by atoms with van der Waals surface area (Å²) >= 11 is 0. The number of aromatic nitrogens is 3. The van der Waals surface area contributed by atoms with Crippen LogP contribution in [-0.4, -0.2) is 57.9 Å². The molecule has 2 N–H and O–H groups in total. The second-order valence-electron chi connectivity index (χ2n) is 8.73. The van der Waals surface area contributed by atoms with E-state index in [0.29, 0.717) is 24.5 Å². The molecule has 0 aliphatic carbocycles. The molecule has 0 bridgehead atoms. The third kappa shape index (κ3) is 4.51. The number of likely N-dealkylation sites (N-methyl/N-ethyl adjacent to an activating group) is 1. The number of amides is 2. The fourth-order valence-electron chi connectivity index (χ4n) is 3.68. The summed E-state index contributed by atoms with van der Waals surface area (Å²) in [4.78, 5) is 36.0. The smallest absolute Gasteiger partial charge is 0.272 e. The van der Waals surface area contributed by atoms with Crippen LogP contribution in [-0.2, 0) is 17.9 Å². The van der Waals surface area contributed by atoms with Gasteiger partial charge in [-0.25, -0.2) is 9.97 Å². The molecule has 9 heteroatoms. The maximum Gasteiger partial charge on any atom is 0.272 e. The zero-order valence-corrected chi connectivity index (χ0v) is 18.1. The number of carbonyl (C=O) groups excluding carboxylic acids is 2. The molecule has 0 saturated heterocycles. The number of fused-ring (bicyclic) bond motifs is 1. The Hall–Kier alpha value is -2.81. The molecule has 0 spiro atoms.